The van der Waals surface area contributed by atoms with Crippen molar-refractivity contribution in [2.75, 3.05) is 4.90 Å². The molecule has 3 aromatic rings. The van der Waals surface area contributed by atoms with Crippen molar-refractivity contribution in [3.63, 3.8) is 0 Å². The molecule has 0 saturated carbocycles. The maximum Gasteiger partial charge on any atom is 0.141 e. The van der Waals surface area contributed by atoms with Crippen molar-refractivity contribution >= 4 is 38.0 Å². The number of hydrogen-bond donors (Lipinski definition) is 0. The number of aldehydes is 1. The Morgan fingerprint density at radius 3 is 2.33 bits per heavy atom. The number of hydrogen-bond acceptors (Lipinski definition) is 2. The first-order valence-electron chi connectivity index (χ1n) is 8.05. The summed E-state index contributed by atoms with van der Waals surface area (Å²) in [5.74, 6) is 0. The highest BCUT2D eigenvalue weighted by atomic mass is 28.2. The lowest BCUT2D eigenvalue weighted by molar-refractivity contribution is -0.104. The predicted octanol–water partition coefficient (Wildman–Crippen LogP) is 4.08. The van der Waals surface area contributed by atoms with Gasteiger partial charge in [0.2, 0.25) is 0 Å². The third-order valence-corrected chi connectivity index (χ3v) is 6.06. The lowest BCUT2D eigenvalue weighted by atomic mass is 10.1. The first kappa shape index (κ1) is 14.7. The number of fused-ring (bicyclic) bond motifs is 1. The molecule has 0 amide bonds. The van der Waals surface area contributed by atoms with E-state index in [0.717, 1.165) is 17.2 Å². The highest BCUT2D eigenvalue weighted by Gasteiger charge is 2.20. The zero-order valence-electron chi connectivity index (χ0n) is 13.2. The minimum Gasteiger partial charge on any atom is -0.318 e. The summed E-state index contributed by atoms with van der Waals surface area (Å²) < 4.78 is 0. The molecule has 0 radical (unpaired) electrons. The molecule has 24 heavy (non-hydrogen) atoms. The Hall–Kier alpha value is -2.91. The molecular weight excluding hydrogens is 310 g/mol. The average molecular weight is 327 g/mol. The standard InChI is InChI=1S/C21H17NOSi/c23-15-18-13-14-21(24-18)22(17-9-2-1-3-10-17)20-12-6-8-16-7-4-5-11-19(16)20/h1-15H,24H2. The van der Waals surface area contributed by atoms with Gasteiger partial charge in [-0.3, -0.25) is 4.79 Å². The van der Waals surface area contributed by atoms with Crippen LogP contribution >= 0.6 is 0 Å². The van der Waals surface area contributed by atoms with Crippen LogP contribution < -0.4 is 4.90 Å². The lowest BCUT2D eigenvalue weighted by Crippen LogP contribution is -2.20. The number of carbonyl (C=O) groups is 1. The fourth-order valence-corrected chi connectivity index (χ4v) is 4.69. The van der Waals surface area contributed by atoms with Crippen LogP contribution in [0, 0.1) is 0 Å². The molecule has 3 aromatic carbocycles. The van der Waals surface area contributed by atoms with E-state index in [1.165, 1.54) is 21.8 Å². The van der Waals surface area contributed by atoms with Gasteiger partial charge in [-0.2, -0.15) is 0 Å². The van der Waals surface area contributed by atoms with Crippen LogP contribution in [0.15, 0.2) is 95.5 Å². The molecule has 0 atom stereocenters. The normalized spacial score (nSPS) is 14.5. The minimum absolute atomic E-state index is 0.750. The van der Waals surface area contributed by atoms with Crippen LogP contribution in [0.5, 0.6) is 0 Å². The third-order valence-electron chi connectivity index (χ3n) is 4.34. The summed E-state index contributed by atoms with van der Waals surface area (Å²) >= 11 is 0. The number of benzene rings is 3. The fourth-order valence-electron chi connectivity index (χ4n) is 3.20. The van der Waals surface area contributed by atoms with Crippen molar-refractivity contribution < 1.29 is 4.79 Å². The molecule has 116 valence electrons. The van der Waals surface area contributed by atoms with E-state index in [9.17, 15) is 4.79 Å². The fraction of sp³-hybridized carbons (Fsp3) is 0. The van der Waals surface area contributed by atoms with E-state index in [2.05, 4.69) is 77.7 Å². The summed E-state index contributed by atoms with van der Waals surface area (Å²) in [6.07, 6.45) is 5.07. The van der Waals surface area contributed by atoms with Gasteiger partial charge in [-0.05, 0) is 34.9 Å². The molecule has 1 aliphatic heterocycles. The van der Waals surface area contributed by atoms with Crippen molar-refractivity contribution in [3.8, 4) is 0 Å². The molecule has 3 heteroatoms. The van der Waals surface area contributed by atoms with E-state index < -0.39 is 9.52 Å². The second kappa shape index (κ2) is 6.30. The number of allylic oxidation sites excluding steroid dienone is 3. The summed E-state index contributed by atoms with van der Waals surface area (Å²) in [5.41, 5.74) is 2.30. The number of rotatable bonds is 4. The molecule has 0 aliphatic carbocycles. The molecule has 4 rings (SSSR count). The van der Waals surface area contributed by atoms with Gasteiger partial charge in [-0.15, -0.1) is 0 Å². The van der Waals surface area contributed by atoms with Crippen LogP contribution in [0.1, 0.15) is 0 Å². The quantitative estimate of drug-likeness (QED) is 0.531. The van der Waals surface area contributed by atoms with Gasteiger partial charge in [0.1, 0.15) is 15.8 Å². The number of para-hydroxylation sites is 1. The van der Waals surface area contributed by atoms with Crippen LogP contribution in [0.2, 0.25) is 0 Å². The van der Waals surface area contributed by atoms with E-state index in [1.54, 1.807) is 0 Å². The highest BCUT2D eigenvalue weighted by Crippen LogP contribution is 2.36. The van der Waals surface area contributed by atoms with Crippen LogP contribution in [0.3, 0.4) is 0 Å². The van der Waals surface area contributed by atoms with E-state index in [-0.39, 0.29) is 0 Å². The van der Waals surface area contributed by atoms with Gasteiger partial charge in [0.25, 0.3) is 0 Å². The van der Waals surface area contributed by atoms with Crippen molar-refractivity contribution in [2.45, 2.75) is 0 Å². The lowest BCUT2D eigenvalue weighted by Gasteiger charge is -2.28. The summed E-state index contributed by atoms with van der Waals surface area (Å²) in [5, 5.41) is 4.64. The molecular formula is C21H17NOSi. The molecule has 0 unspecified atom stereocenters. The molecule has 0 aromatic heterocycles. The second-order valence-electron chi connectivity index (χ2n) is 5.86. The largest absolute Gasteiger partial charge is 0.318 e. The maximum atomic E-state index is 11.2. The van der Waals surface area contributed by atoms with Gasteiger partial charge in [0.15, 0.2) is 0 Å². The molecule has 0 saturated heterocycles. The second-order valence-corrected chi connectivity index (χ2v) is 7.76. The minimum atomic E-state index is -0.750. The zero-order valence-corrected chi connectivity index (χ0v) is 14.6. The topological polar surface area (TPSA) is 20.3 Å². The molecule has 0 fully saturated rings. The predicted molar refractivity (Wildman–Crippen MR) is 103 cm³/mol. The van der Waals surface area contributed by atoms with Gasteiger partial charge < -0.3 is 4.90 Å². The van der Waals surface area contributed by atoms with E-state index in [1.807, 2.05) is 12.1 Å². The van der Waals surface area contributed by atoms with Gasteiger partial charge in [0, 0.05) is 16.4 Å². The molecule has 0 bridgehead atoms. The summed E-state index contributed by atoms with van der Waals surface area (Å²) in [7, 11) is -0.750. The van der Waals surface area contributed by atoms with Gasteiger partial charge >= 0.3 is 0 Å². The van der Waals surface area contributed by atoms with Crippen LogP contribution in [0.25, 0.3) is 10.8 Å². The molecule has 1 heterocycles. The van der Waals surface area contributed by atoms with Crippen molar-refractivity contribution in [2.24, 2.45) is 0 Å². The first-order chi connectivity index (χ1) is 11.9. The van der Waals surface area contributed by atoms with Crippen molar-refractivity contribution in [3.05, 3.63) is 95.5 Å². The first-order valence-corrected chi connectivity index (χ1v) is 9.46. The Balaban J connectivity index is 1.89. The molecule has 0 N–H and O–H groups in total. The molecule has 0 spiro atoms. The highest BCUT2D eigenvalue weighted by molar-refractivity contribution is 6.61. The Labute approximate surface area is 143 Å². The van der Waals surface area contributed by atoms with E-state index in [0.29, 0.717) is 0 Å². The van der Waals surface area contributed by atoms with E-state index in [4.69, 9.17) is 0 Å². The van der Waals surface area contributed by atoms with Crippen molar-refractivity contribution in [1.82, 2.24) is 0 Å². The van der Waals surface area contributed by atoms with Crippen LogP contribution in [-0.2, 0) is 4.79 Å². The van der Waals surface area contributed by atoms with Crippen LogP contribution in [-0.4, -0.2) is 15.8 Å². The summed E-state index contributed by atoms with van der Waals surface area (Å²) in [6.45, 7) is 0. The Morgan fingerprint density at radius 1 is 0.792 bits per heavy atom. The van der Waals surface area contributed by atoms with E-state index >= 15 is 0 Å². The third kappa shape index (κ3) is 2.59. The Kier molecular flexibility index (Phi) is 3.85. The van der Waals surface area contributed by atoms with Crippen molar-refractivity contribution in [1.29, 1.82) is 0 Å². The molecule has 2 nitrogen and oxygen atoms in total. The number of nitrogens with zero attached hydrogens (tertiary/aromatic N) is 1. The monoisotopic (exact) mass is 327 g/mol. The van der Waals surface area contributed by atoms with Gasteiger partial charge in [-0.25, -0.2) is 0 Å². The van der Waals surface area contributed by atoms with Gasteiger partial charge in [0.05, 0.1) is 5.69 Å². The number of anilines is 2. The SMILES string of the molecule is O=CC1=CC=C(N(c2ccccc2)c2cccc3ccccc23)[SiH2]1. The van der Waals surface area contributed by atoms with Gasteiger partial charge in [-0.1, -0.05) is 60.7 Å². The molecule has 1 aliphatic rings. The van der Waals surface area contributed by atoms with Crippen LogP contribution in [0.4, 0.5) is 11.4 Å². The maximum absolute atomic E-state index is 11.2. The summed E-state index contributed by atoms with van der Waals surface area (Å²) in [4.78, 5) is 13.5. The Morgan fingerprint density at radius 2 is 1.54 bits per heavy atom. The number of carbonyl (C=O) groups excluding carboxylic acids is 1. The average Bonchev–Trinajstić information content (AvgIpc) is 3.12. The summed E-state index contributed by atoms with van der Waals surface area (Å²) in [6, 6.07) is 25.2. The zero-order chi connectivity index (χ0) is 16.4. The Bertz CT molecular complexity index is 954. The smallest absolute Gasteiger partial charge is 0.141 e.